The zero-order valence-corrected chi connectivity index (χ0v) is 10.9. The van der Waals surface area contributed by atoms with E-state index in [2.05, 4.69) is 10.4 Å². The molecule has 1 aliphatic heterocycles. The topological polar surface area (TPSA) is 48.1 Å². The molecule has 1 aliphatic rings. The van der Waals surface area contributed by atoms with Gasteiger partial charge >= 0.3 is 0 Å². The fourth-order valence-electron chi connectivity index (χ4n) is 2.20. The van der Waals surface area contributed by atoms with E-state index in [9.17, 15) is 0 Å². The first-order valence-corrected chi connectivity index (χ1v) is 7.06. The molecule has 3 rings (SSSR count). The van der Waals surface area contributed by atoms with E-state index in [1.165, 1.54) is 0 Å². The molecule has 2 unspecified atom stereocenters. The van der Waals surface area contributed by atoms with Gasteiger partial charge in [0.05, 0.1) is 18.3 Å². The molecule has 0 aliphatic carbocycles. The van der Waals surface area contributed by atoms with Crippen molar-refractivity contribution in [3.8, 4) is 0 Å². The van der Waals surface area contributed by atoms with Crippen molar-refractivity contribution in [3.05, 3.63) is 52.0 Å². The summed E-state index contributed by atoms with van der Waals surface area (Å²) < 4.78 is 5.40. The molecule has 0 spiro atoms. The molecule has 4 heteroatoms. The van der Waals surface area contributed by atoms with Crippen LogP contribution in [0.1, 0.15) is 34.6 Å². The van der Waals surface area contributed by atoms with E-state index < -0.39 is 0 Å². The molecule has 1 aromatic carbocycles. The Hall–Kier alpha value is -1.23. The monoisotopic (exact) mass is 260 g/mol. The molecule has 2 atom stereocenters. The van der Waals surface area contributed by atoms with Crippen LogP contribution in [0.25, 0.3) is 0 Å². The van der Waals surface area contributed by atoms with Crippen LogP contribution in [0.4, 0.5) is 0 Å². The molecule has 18 heavy (non-hydrogen) atoms. The zero-order chi connectivity index (χ0) is 12.4. The lowest BCUT2D eigenvalue weighted by Gasteiger charge is -2.08. The van der Waals surface area contributed by atoms with Gasteiger partial charge in [0.2, 0.25) is 0 Å². The minimum absolute atomic E-state index is 0.118. The van der Waals surface area contributed by atoms with E-state index >= 15 is 0 Å². The minimum Gasteiger partial charge on any atom is -0.381 e. The molecule has 0 saturated carbocycles. The summed E-state index contributed by atoms with van der Waals surface area (Å²) in [6.07, 6.45) is 1.07. The predicted molar refractivity (Wildman–Crippen MR) is 72.8 cm³/mol. The molecular weight excluding hydrogens is 244 g/mol. The van der Waals surface area contributed by atoms with E-state index in [1.807, 2.05) is 30.3 Å². The lowest BCUT2D eigenvalue weighted by molar-refractivity contribution is 0.193. The van der Waals surface area contributed by atoms with Gasteiger partial charge in [-0.15, -0.1) is 11.3 Å². The Morgan fingerprint density at radius 2 is 2.17 bits per heavy atom. The Labute approximate surface area is 111 Å². The van der Waals surface area contributed by atoms with Gasteiger partial charge in [-0.2, -0.15) is 0 Å². The summed E-state index contributed by atoms with van der Waals surface area (Å²) >= 11 is 1.65. The number of aromatic nitrogens is 1. The van der Waals surface area contributed by atoms with Crippen molar-refractivity contribution in [3.63, 3.8) is 0 Å². The average molecular weight is 260 g/mol. The van der Waals surface area contributed by atoms with Crippen LogP contribution in [-0.4, -0.2) is 18.2 Å². The smallest absolute Gasteiger partial charge is 0.114 e. The fourth-order valence-corrected chi connectivity index (χ4v) is 3.13. The largest absolute Gasteiger partial charge is 0.381 e. The molecule has 2 aromatic rings. The highest BCUT2D eigenvalue weighted by Crippen LogP contribution is 2.29. The number of benzene rings is 1. The first-order chi connectivity index (χ1) is 8.84. The van der Waals surface area contributed by atoms with Gasteiger partial charge in [0.25, 0.3) is 0 Å². The van der Waals surface area contributed by atoms with Crippen molar-refractivity contribution < 1.29 is 4.74 Å². The summed E-state index contributed by atoms with van der Waals surface area (Å²) in [4.78, 5) is 4.68. The summed E-state index contributed by atoms with van der Waals surface area (Å²) in [6, 6.07) is 9.99. The third kappa shape index (κ3) is 2.32. The minimum atomic E-state index is -0.118. The number of ether oxygens (including phenoxy) is 1. The molecular formula is C14H16N2OS. The van der Waals surface area contributed by atoms with Crippen LogP contribution in [0.3, 0.4) is 0 Å². The molecule has 2 heterocycles. The van der Waals surface area contributed by atoms with Gasteiger partial charge in [-0.05, 0) is 12.0 Å². The normalized spacial score (nSPS) is 21.1. The van der Waals surface area contributed by atoms with E-state index in [-0.39, 0.29) is 6.04 Å². The van der Waals surface area contributed by atoms with Gasteiger partial charge in [0, 0.05) is 17.9 Å². The van der Waals surface area contributed by atoms with Crippen molar-refractivity contribution in [2.45, 2.75) is 18.4 Å². The van der Waals surface area contributed by atoms with Crippen LogP contribution < -0.4 is 5.73 Å². The Balaban J connectivity index is 1.80. The third-order valence-corrected chi connectivity index (χ3v) is 4.26. The molecule has 0 amide bonds. The lowest BCUT2D eigenvalue weighted by Crippen LogP contribution is -2.11. The molecule has 1 fully saturated rings. The SMILES string of the molecule is NC(c1ccccc1)c1nc(C2CCOC2)cs1. The second-order valence-electron chi connectivity index (χ2n) is 4.56. The van der Waals surface area contributed by atoms with Crippen molar-refractivity contribution in [2.75, 3.05) is 13.2 Å². The number of hydrogen-bond donors (Lipinski definition) is 1. The maximum atomic E-state index is 6.24. The Kier molecular flexibility index (Phi) is 3.41. The molecule has 0 radical (unpaired) electrons. The molecule has 1 saturated heterocycles. The summed E-state index contributed by atoms with van der Waals surface area (Å²) in [5.41, 5.74) is 8.49. The molecule has 0 bridgehead atoms. The molecule has 2 N–H and O–H groups in total. The van der Waals surface area contributed by atoms with E-state index in [0.717, 1.165) is 35.9 Å². The van der Waals surface area contributed by atoms with Crippen molar-refractivity contribution in [1.82, 2.24) is 4.98 Å². The van der Waals surface area contributed by atoms with E-state index in [4.69, 9.17) is 10.5 Å². The fraction of sp³-hybridized carbons (Fsp3) is 0.357. The highest BCUT2D eigenvalue weighted by Gasteiger charge is 2.22. The van der Waals surface area contributed by atoms with Gasteiger partial charge in [0.15, 0.2) is 0 Å². The number of nitrogens with zero attached hydrogens (tertiary/aromatic N) is 1. The highest BCUT2D eigenvalue weighted by molar-refractivity contribution is 7.09. The maximum Gasteiger partial charge on any atom is 0.114 e. The van der Waals surface area contributed by atoms with Gasteiger partial charge < -0.3 is 10.5 Å². The molecule has 94 valence electrons. The maximum absolute atomic E-state index is 6.24. The average Bonchev–Trinajstić information content (AvgIpc) is 3.09. The van der Waals surface area contributed by atoms with Gasteiger partial charge in [-0.3, -0.25) is 0 Å². The summed E-state index contributed by atoms with van der Waals surface area (Å²) in [5.74, 6) is 0.456. The summed E-state index contributed by atoms with van der Waals surface area (Å²) in [5, 5.41) is 3.11. The Morgan fingerprint density at radius 3 is 2.89 bits per heavy atom. The first kappa shape index (κ1) is 11.8. The van der Waals surface area contributed by atoms with Crippen molar-refractivity contribution in [1.29, 1.82) is 0 Å². The van der Waals surface area contributed by atoms with Crippen molar-refractivity contribution in [2.24, 2.45) is 5.73 Å². The highest BCUT2D eigenvalue weighted by atomic mass is 32.1. The second-order valence-corrected chi connectivity index (χ2v) is 5.45. The number of nitrogens with two attached hydrogens (primary N) is 1. The lowest BCUT2D eigenvalue weighted by atomic mass is 10.1. The third-order valence-electron chi connectivity index (χ3n) is 3.31. The van der Waals surface area contributed by atoms with Crippen LogP contribution in [-0.2, 0) is 4.74 Å². The van der Waals surface area contributed by atoms with Crippen LogP contribution in [0, 0.1) is 0 Å². The Bertz CT molecular complexity index is 506. The first-order valence-electron chi connectivity index (χ1n) is 6.18. The van der Waals surface area contributed by atoms with Crippen LogP contribution in [0.5, 0.6) is 0 Å². The van der Waals surface area contributed by atoms with Crippen molar-refractivity contribution >= 4 is 11.3 Å². The quantitative estimate of drug-likeness (QED) is 0.923. The number of thiazole rings is 1. The van der Waals surface area contributed by atoms with Gasteiger partial charge in [-0.25, -0.2) is 4.98 Å². The predicted octanol–water partition coefficient (Wildman–Crippen LogP) is 2.70. The molecule has 3 nitrogen and oxygen atoms in total. The van der Waals surface area contributed by atoms with Gasteiger partial charge in [-0.1, -0.05) is 30.3 Å². The van der Waals surface area contributed by atoms with Gasteiger partial charge in [0.1, 0.15) is 5.01 Å². The zero-order valence-electron chi connectivity index (χ0n) is 10.1. The summed E-state index contributed by atoms with van der Waals surface area (Å²) in [7, 11) is 0. The van der Waals surface area contributed by atoms with Crippen LogP contribution in [0.2, 0.25) is 0 Å². The standard InChI is InChI=1S/C14H16N2OS/c15-13(10-4-2-1-3-5-10)14-16-12(9-18-14)11-6-7-17-8-11/h1-5,9,11,13H,6-8,15H2. The van der Waals surface area contributed by atoms with E-state index in [0.29, 0.717) is 5.92 Å². The number of rotatable bonds is 3. The summed E-state index contributed by atoms with van der Waals surface area (Å²) in [6.45, 7) is 1.64. The van der Waals surface area contributed by atoms with E-state index in [1.54, 1.807) is 11.3 Å². The number of hydrogen-bond acceptors (Lipinski definition) is 4. The second kappa shape index (κ2) is 5.18. The van der Waals surface area contributed by atoms with Crippen LogP contribution >= 0.6 is 11.3 Å². The molecule has 1 aromatic heterocycles. The van der Waals surface area contributed by atoms with Crippen LogP contribution in [0.15, 0.2) is 35.7 Å². The Morgan fingerprint density at radius 1 is 1.33 bits per heavy atom.